The summed E-state index contributed by atoms with van der Waals surface area (Å²) in [5.74, 6) is 0. The van der Waals surface area contributed by atoms with Gasteiger partial charge in [-0.25, -0.2) is 0 Å². The minimum absolute atomic E-state index is 1.08. The van der Waals surface area contributed by atoms with Crippen molar-refractivity contribution < 1.29 is 0 Å². The fourth-order valence-corrected chi connectivity index (χ4v) is 9.73. The van der Waals surface area contributed by atoms with Gasteiger partial charge in [0.1, 0.15) is 0 Å². The van der Waals surface area contributed by atoms with E-state index in [1.165, 1.54) is 81.9 Å². The third kappa shape index (κ3) is 5.96. The third-order valence-electron chi connectivity index (χ3n) is 12.5. The lowest BCUT2D eigenvalue weighted by molar-refractivity contribution is 1.18. The van der Waals surface area contributed by atoms with E-state index in [2.05, 4.69) is 252 Å². The molecular formula is C60H40N2. The lowest BCUT2D eigenvalue weighted by Crippen LogP contribution is -2.10. The Labute approximate surface area is 360 Å². The van der Waals surface area contributed by atoms with Crippen molar-refractivity contribution in [3.8, 4) is 39.1 Å². The molecule has 0 spiro atoms. The second-order valence-corrected chi connectivity index (χ2v) is 16.1. The average Bonchev–Trinajstić information content (AvgIpc) is 3.68. The Morgan fingerprint density at radius 3 is 1.47 bits per heavy atom. The molecule has 0 aliphatic rings. The second-order valence-electron chi connectivity index (χ2n) is 16.1. The number of hydrogen-bond donors (Lipinski definition) is 0. The van der Waals surface area contributed by atoms with Gasteiger partial charge in [-0.1, -0.05) is 182 Å². The van der Waals surface area contributed by atoms with Gasteiger partial charge in [-0.15, -0.1) is 0 Å². The smallest absolute Gasteiger partial charge is 0.0541 e. The first-order valence-electron chi connectivity index (χ1n) is 21.3. The number of fused-ring (bicyclic) bond motifs is 7. The Kier molecular flexibility index (Phi) is 8.53. The van der Waals surface area contributed by atoms with Gasteiger partial charge < -0.3 is 9.47 Å². The summed E-state index contributed by atoms with van der Waals surface area (Å²) in [5.41, 5.74) is 14.0. The van der Waals surface area contributed by atoms with E-state index in [4.69, 9.17) is 0 Å². The molecule has 0 bridgehead atoms. The highest BCUT2D eigenvalue weighted by atomic mass is 15.1. The van der Waals surface area contributed by atoms with Gasteiger partial charge in [0.05, 0.1) is 16.7 Å². The van der Waals surface area contributed by atoms with Crippen molar-refractivity contribution in [1.29, 1.82) is 0 Å². The van der Waals surface area contributed by atoms with Crippen LogP contribution >= 0.6 is 0 Å². The first kappa shape index (κ1) is 35.7. The van der Waals surface area contributed by atoms with Crippen LogP contribution in [0.5, 0.6) is 0 Å². The standard InChI is InChI=1S/C60H40N2/c1-3-23-49-41(16-1)18-15-30-50(49)43-19-13-21-47(38-43)61(48-22-14-20-44(39-48)57-40-45-17-2-4-24-51(45)53-26-5-6-27-54(53)57)46-36-34-42(35-37-46)52-25-7-10-31-58(52)62-59-32-11-8-28-55(59)56-29-9-12-33-60(56)62/h1-40H. The number of hydrogen-bond acceptors (Lipinski definition) is 1. The molecule has 2 nitrogen and oxygen atoms in total. The molecule has 12 aromatic rings. The highest BCUT2D eigenvalue weighted by Gasteiger charge is 2.19. The van der Waals surface area contributed by atoms with E-state index in [0.29, 0.717) is 0 Å². The summed E-state index contributed by atoms with van der Waals surface area (Å²) >= 11 is 0. The molecule has 0 N–H and O–H groups in total. The minimum Gasteiger partial charge on any atom is -0.310 e. The molecular weight excluding hydrogens is 749 g/mol. The van der Waals surface area contributed by atoms with Gasteiger partial charge in [-0.3, -0.25) is 0 Å². The monoisotopic (exact) mass is 788 g/mol. The minimum atomic E-state index is 1.08. The molecule has 0 fully saturated rings. The molecule has 290 valence electrons. The van der Waals surface area contributed by atoms with E-state index in [1.807, 2.05) is 0 Å². The first-order valence-corrected chi connectivity index (χ1v) is 21.3. The van der Waals surface area contributed by atoms with Crippen molar-refractivity contribution in [2.45, 2.75) is 0 Å². The average molecular weight is 789 g/mol. The van der Waals surface area contributed by atoms with Crippen molar-refractivity contribution in [3.63, 3.8) is 0 Å². The summed E-state index contributed by atoms with van der Waals surface area (Å²) in [7, 11) is 0. The zero-order valence-electron chi connectivity index (χ0n) is 34.0. The maximum absolute atomic E-state index is 2.42. The van der Waals surface area contributed by atoms with Crippen LogP contribution < -0.4 is 4.90 Å². The highest BCUT2D eigenvalue weighted by Crippen LogP contribution is 2.43. The Bertz CT molecular complexity index is 3590. The fourth-order valence-electron chi connectivity index (χ4n) is 9.73. The van der Waals surface area contributed by atoms with Gasteiger partial charge in [0.2, 0.25) is 0 Å². The molecule has 0 aliphatic heterocycles. The number of rotatable bonds is 7. The number of benzene rings is 11. The molecule has 0 amide bonds. The van der Waals surface area contributed by atoms with E-state index in [9.17, 15) is 0 Å². The third-order valence-corrected chi connectivity index (χ3v) is 12.5. The van der Waals surface area contributed by atoms with E-state index in [-0.39, 0.29) is 0 Å². The Morgan fingerprint density at radius 1 is 0.258 bits per heavy atom. The lowest BCUT2D eigenvalue weighted by atomic mass is 9.93. The molecule has 0 aliphatic carbocycles. The van der Waals surface area contributed by atoms with Crippen LogP contribution in [0.2, 0.25) is 0 Å². The number of anilines is 3. The predicted octanol–water partition coefficient (Wildman–Crippen LogP) is 16.7. The maximum Gasteiger partial charge on any atom is 0.0541 e. The molecule has 2 heteroatoms. The van der Waals surface area contributed by atoms with Gasteiger partial charge >= 0.3 is 0 Å². The van der Waals surface area contributed by atoms with Gasteiger partial charge in [-0.05, 0) is 121 Å². The molecule has 0 saturated heterocycles. The SMILES string of the molecule is c1cc(-c2cccc3ccccc23)cc(N(c2ccc(-c3ccccc3-n3c4ccccc4c4ccccc43)cc2)c2cccc(-c3cc4ccccc4c4ccccc34)c2)c1. The summed E-state index contributed by atoms with van der Waals surface area (Å²) in [5, 5.41) is 10.0. The molecule has 62 heavy (non-hydrogen) atoms. The summed E-state index contributed by atoms with van der Waals surface area (Å²) in [6.07, 6.45) is 0. The molecule has 0 unspecified atom stereocenters. The van der Waals surface area contributed by atoms with E-state index < -0.39 is 0 Å². The zero-order valence-corrected chi connectivity index (χ0v) is 34.0. The number of nitrogens with zero attached hydrogens (tertiary/aromatic N) is 2. The van der Waals surface area contributed by atoms with Crippen LogP contribution in [0.4, 0.5) is 17.1 Å². The number of aromatic nitrogens is 1. The Hall–Kier alpha value is -8.20. The van der Waals surface area contributed by atoms with Crippen molar-refractivity contribution in [3.05, 3.63) is 243 Å². The van der Waals surface area contributed by atoms with Crippen LogP contribution in [0.3, 0.4) is 0 Å². The van der Waals surface area contributed by atoms with Crippen LogP contribution in [0, 0.1) is 0 Å². The van der Waals surface area contributed by atoms with Crippen molar-refractivity contribution >= 4 is 71.2 Å². The van der Waals surface area contributed by atoms with Crippen LogP contribution in [-0.4, -0.2) is 4.57 Å². The molecule has 11 aromatic carbocycles. The van der Waals surface area contributed by atoms with Gasteiger partial charge in [0.25, 0.3) is 0 Å². The highest BCUT2D eigenvalue weighted by molar-refractivity contribution is 6.14. The Morgan fingerprint density at radius 2 is 0.758 bits per heavy atom. The van der Waals surface area contributed by atoms with Crippen LogP contribution in [-0.2, 0) is 0 Å². The molecule has 0 radical (unpaired) electrons. The first-order chi connectivity index (χ1) is 30.8. The Balaban J connectivity index is 1.02. The molecule has 1 aromatic heterocycles. The topological polar surface area (TPSA) is 8.17 Å². The van der Waals surface area contributed by atoms with Gasteiger partial charge in [0, 0.05) is 33.4 Å². The van der Waals surface area contributed by atoms with E-state index >= 15 is 0 Å². The fraction of sp³-hybridized carbons (Fsp3) is 0. The van der Waals surface area contributed by atoms with Gasteiger partial charge in [-0.2, -0.15) is 0 Å². The predicted molar refractivity (Wildman–Crippen MR) is 264 cm³/mol. The summed E-state index contributed by atoms with van der Waals surface area (Å²) < 4.78 is 2.42. The summed E-state index contributed by atoms with van der Waals surface area (Å²) in [4.78, 5) is 2.41. The molecule has 0 saturated carbocycles. The van der Waals surface area contributed by atoms with Gasteiger partial charge in [0.15, 0.2) is 0 Å². The van der Waals surface area contributed by atoms with Crippen molar-refractivity contribution in [2.24, 2.45) is 0 Å². The van der Waals surface area contributed by atoms with Crippen LogP contribution in [0.1, 0.15) is 0 Å². The largest absolute Gasteiger partial charge is 0.310 e. The zero-order chi connectivity index (χ0) is 41.0. The van der Waals surface area contributed by atoms with Crippen LogP contribution in [0.25, 0.3) is 93.2 Å². The summed E-state index contributed by atoms with van der Waals surface area (Å²) in [6.45, 7) is 0. The summed E-state index contributed by atoms with van der Waals surface area (Å²) in [6, 6.07) is 88.5. The maximum atomic E-state index is 2.42. The molecule has 1 heterocycles. The molecule has 0 atom stereocenters. The van der Waals surface area contributed by atoms with Crippen molar-refractivity contribution in [1.82, 2.24) is 4.57 Å². The normalized spacial score (nSPS) is 11.5. The van der Waals surface area contributed by atoms with E-state index in [0.717, 1.165) is 28.3 Å². The van der Waals surface area contributed by atoms with E-state index in [1.54, 1.807) is 0 Å². The molecule has 12 rings (SSSR count). The quantitative estimate of drug-likeness (QED) is 0.146. The second kappa shape index (κ2) is 14.8. The number of para-hydroxylation sites is 3. The van der Waals surface area contributed by atoms with Crippen molar-refractivity contribution in [2.75, 3.05) is 4.90 Å². The van der Waals surface area contributed by atoms with Crippen LogP contribution in [0.15, 0.2) is 243 Å². The lowest BCUT2D eigenvalue weighted by Gasteiger charge is -2.27.